The second kappa shape index (κ2) is 8.06. The van der Waals surface area contributed by atoms with Crippen LogP contribution in [0.4, 0.5) is 5.95 Å². The van der Waals surface area contributed by atoms with Crippen LogP contribution in [0.2, 0.25) is 0 Å². The summed E-state index contributed by atoms with van der Waals surface area (Å²) in [6.45, 7) is 8.92. The van der Waals surface area contributed by atoms with E-state index < -0.39 is 0 Å². The number of phenols is 1. The van der Waals surface area contributed by atoms with E-state index in [1.165, 1.54) is 6.39 Å². The fourth-order valence-corrected chi connectivity index (χ4v) is 5.22. The number of phenolic OH excluding ortho intramolecular Hbond substituents is 1. The van der Waals surface area contributed by atoms with Gasteiger partial charge in [-0.25, -0.2) is 9.97 Å². The minimum Gasteiger partial charge on any atom is -0.507 e. The predicted molar refractivity (Wildman–Crippen MR) is 133 cm³/mol. The third-order valence-corrected chi connectivity index (χ3v) is 6.52. The molecule has 34 heavy (non-hydrogen) atoms. The molecule has 4 aromatic rings. The average molecular weight is 459 g/mol. The molecule has 2 N–H and O–H groups in total. The maximum atomic E-state index is 10.7. The first-order chi connectivity index (χ1) is 16.1. The fraction of sp³-hybridized carbons (Fsp3) is 0.385. The van der Waals surface area contributed by atoms with Crippen LogP contribution in [0.15, 0.2) is 53.4 Å². The first kappa shape index (κ1) is 22.3. The zero-order valence-electron chi connectivity index (χ0n) is 20.2. The van der Waals surface area contributed by atoms with Crippen LogP contribution in [0.3, 0.4) is 0 Å². The molecule has 1 saturated heterocycles. The molecule has 5 rings (SSSR count). The quantitative estimate of drug-likeness (QED) is 0.450. The zero-order valence-corrected chi connectivity index (χ0v) is 20.2. The molecule has 2 aromatic heterocycles. The summed E-state index contributed by atoms with van der Waals surface area (Å²) in [5.41, 5.74) is 4.47. The summed E-state index contributed by atoms with van der Waals surface area (Å²) in [4.78, 5) is 10.8. The molecule has 3 heterocycles. The summed E-state index contributed by atoms with van der Waals surface area (Å²) in [5, 5.41) is 23.2. The van der Waals surface area contributed by atoms with E-state index in [9.17, 15) is 5.11 Å². The number of benzene rings is 2. The third kappa shape index (κ3) is 4.33. The largest absolute Gasteiger partial charge is 0.507 e. The van der Waals surface area contributed by atoms with E-state index in [1.54, 1.807) is 12.3 Å². The summed E-state index contributed by atoms with van der Waals surface area (Å²) in [7, 11) is 2.02. The van der Waals surface area contributed by atoms with E-state index >= 15 is 0 Å². The molecular weight excluding hydrogens is 428 g/mol. The molecular formula is C26H30N6O2. The first-order valence-corrected chi connectivity index (χ1v) is 11.5. The van der Waals surface area contributed by atoms with Gasteiger partial charge in [-0.3, -0.25) is 0 Å². The highest BCUT2D eigenvalue weighted by Gasteiger charge is 2.39. The summed E-state index contributed by atoms with van der Waals surface area (Å²) >= 11 is 0. The number of nitrogens with zero attached hydrogens (tertiary/aromatic N) is 5. The molecule has 0 radical (unpaired) electrons. The molecule has 0 unspecified atom stereocenters. The lowest BCUT2D eigenvalue weighted by Gasteiger charge is -2.48. The van der Waals surface area contributed by atoms with Crippen LogP contribution in [-0.2, 0) is 0 Å². The van der Waals surface area contributed by atoms with Crippen molar-refractivity contribution < 1.29 is 9.52 Å². The van der Waals surface area contributed by atoms with Gasteiger partial charge in [-0.05, 0) is 75.9 Å². The van der Waals surface area contributed by atoms with Gasteiger partial charge in [-0.15, -0.1) is 10.2 Å². The molecule has 8 nitrogen and oxygen atoms in total. The number of anilines is 1. The van der Waals surface area contributed by atoms with Gasteiger partial charge in [0.1, 0.15) is 17.0 Å². The summed E-state index contributed by atoms with van der Waals surface area (Å²) in [6, 6.07) is 11.5. The number of aromatic nitrogens is 4. The molecule has 0 aliphatic carbocycles. The van der Waals surface area contributed by atoms with E-state index in [0.717, 1.165) is 29.5 Å². The van der Waals surface area contributed by atoms with Gasteiger partial charge in [0.05, 0.1) is 6.20 Å². The van der Waals surface area contributed by atoms with E-state index in [0.29, 0.717) is 28.8 Å². The third-order valence-electron chi connectivity index (χ3n) is 6.52. The van der Waals surface area contributed by atoms with Crippen molar-refractivity contribution in [3.05, 3.63) is 49.0 Å². The highest BCUT2D eigenvalue weighted by molar-refractivity contribution is 5.81. The number of piperidine rings is 1. The van der Waals surface area contributed by atoms with E-state index in [1.807, 2.05) is 37.4 Å². The minimum atomic E-state index is 0.0273. The second-order valence-corrected chi connectivity index (χ2v) is 10.5. The van der Waals surface area contributed by atoms with Gasteiger partial charge in [0.2, 0.25) is 5.95 Å². The van der Waals surface area contributed by atoms with Crippen molar-refractivity contribution in [2.45, 2.75) is 57.7 Å². The molecule has 0 saturated carbocycles. The van der Waals surface area contributed by atoms with Crippen molar-refractivity contribution in [1.29, 1.82) is 0 Å². The van der Waals surface area contributed by atoms with E-state index in [4.69, 9.17) is 4.42 Å². The SMILES string of the molecule is CN(c1ncc(-c2ccc(-c3ccc4ncoc4c3)cc2O)nn1)C1CC(C)(C)NC(C)(C)C1. The van der Waals surface area contributed by atoms with Crippen molar-refractivity contribution >= 4 is 17.0 Å². The Bertz CT molecular complexity index is 1310. The van der Waals surface area contributed by atoms with Crippen LogP contribution < -0.4 is 10.2 Å². The molecule has 0 atom stereocenters. The maximum Gasteiger partial charge on any atom is 0.245 e. The molecule has 1 aliphatic heterocycles. The molecule has 2 aromatic carbocycles. The Labute approximate surface area is 199 Å². The predicted octanol–water partition coefficient (Wildman–Crippen LogP) is 4.80. The Morgan fingerprint density at radius 3 is 2.35 bits per heavy atom. The lowest BCUT2D eigenvalue weighted by atomic mass is 9.79. The summed E-state index contributed by atoms with van der Waals surface area (Å²) < 4.78 is 5.39. The molecule has 0 amide bonds. The topological polar surface area (TPSA) is 100 Å². The fourth-order valence-electron chi connectivity index (χ4n) is 5.22. The number of rotatable bonds is 4. The number of fused-ring (bicyclic) bond motifs is 1. The molecule has 0 bridgehead atoms. The Morgan fingerprint density at radius 1 is 0.971 bits per heavy atom. The molecule has 1 fully saturated rings. The lowest BCUT2D eigenvalue weighted by Crippen LogP contribution is -2.62. The van der Waals surface area contributed by atoms with Crippen LogP contribution >= 0.6 is 0 Å². The van der Waals surface area contributed by atoms with Gasteiger partial charge >= 0.3 is 0 Å². The number of hydrogen-bond donors (Lipinski definition) is 2. The zero-order chi connectivity index (χ0) is 24.1. The first-order valence-electron chi connectivity index (χ1n) is 11.5. The standard InChI is InChI=1S/C26H30N6O2/c1-25(2)12-18(13-26(3,4)31-25)32(5)24-27-14-21(29-30-24)19-8-6-16(10-22(19)33)17-7-9-20-23(11-17)34-15-28-20/h6-11,14-15,18,31,33H,12-13H2,1-5H3. The number of aromatic hydroxyl groups is 1. The van der Waals surface area contributed by atoms with Crippen LogP contribution in [0.25, 0.3) is 33.5 Å². The molecule has 0 spiro atoms. The van der Waals surface area contributed by atoms with Gasteiger partial charge in [0.15, 0.2) is 12.0 Å². The number of hydrogen-bond acceptors (Lipinski definition) is 8. The Kier molecular flexibility index (Phi) is 5.28. The highest BCUT2D eigenvalue weighted by Crippen LogP contribution is 2.34. The van der Waals surface area contributed by atoms with Crippen molar-refractivity contribution in [1.82, 2.24) is 25.5 Å². The lowest BCUT2D eigenvalue weighted by molar-refractivity contribution is 0.160. The van der Waals surface area contributed by atoms with Gasteiger partial charge in [-0.1, -0.05) is 12.1 Å². The van der Waals surface area contributed by atoms with Crippen molar-refractivity contribution in [3.8, 4) is 28.1 Å². The normalized spacial score (nSPS) is 17.7. The second-order valence-electron chi connectivity index (χ2n) is 10.5. The number of oxazole rings is 1. The molecule has 1 aliphatic rings. The van der Waals surface area contributed by atoms with Crippen LogP contribution in [0, 0.1) is 0 Å². The molecule has 176 valence electrons. The van der Waals surface area contributed by atoms with Crippen LogP contribution in [0.1, 0.15) is 40.5 Å². The van der Waals surface area contributed by atoms with Gasteiger partial charge in [0, 0.05) is 29.7 Å². The van der Waals surface area contributed by atoms with E-state index in [-0.39, 0.29) is 16.8 Å². The van der Waals surface area contributed by atoms with Crippen molar-refractivity contribution in [3.63, 3.8) is 0 Å². The summed E-state index contributed by atoms with van der Waals surface area (Å²) in [6.07, 6.45) is 5.07. The monoisotopic (exact) mass is 458 g/mol. The maximum absolute atomic E-state index is 10.7. The Balaban J connectivity index is 1.37. The number of nitrogens with one attached hydrogen (secondary N) is 1. The minimum absolute atomic E-state index is 0.0273. The van der Waals surface area contributed by atoms with Gasteiger partial charge < -0.3 is 19.7 Å². The van der Waals surface area contributed by atoms with Crippen LogP contribution in [-0.4, -0.2) is 49.4 Å². The van der Waals surface area contributed by atoms with Crippen LogP contribution in [0.5, 0.6) is 5.75 Å². The summed E-state index contributed by atoms with van der Waals surface area (Å²) in [5.74, 6) is 0.702. The molecule has 8 heteroatoms. The van der Waals surface area contributed by atoms with Crippen molar-refractivity contribution in [2.75, 3.05) is 11.9 Å². The Hall–Kier alpha value is -3.52. The average Bonchev–Trinajstić information content (AvgIpc) is 3.24. The van der Waals surface area contributed by atoms with Gasteiger partial charge in [0.25, 0.3) is 0 Å². The highest BCUT2D eigenvalue weighted by atomic mass is 16.3. The van der Waals surface area contributed by atoms with Crippen molar-refractivity contribution in [2.24, 2.45) is 0 Å². The smallest absolute Gasteiger partial charge is 0.245 e. The van der Waals surface area contributed by atoms with E-state index in [2.05, 4.69) is 58.1 Å². The Morgan fingerprint density at radius 2 is 1.68 bits per heavy atom. The van der Waals surface area contributed by atoms with Gasteiger partial charge in [-0.2, -0.15) is 0 Å².